The fourth-order valence-electron chi connectivity index (χ4n) is 3.09. The highest BCUT2D eigenvalue weighted by molar-refractivity contribution is 6.31. The summed E-state index contributed by atoms with van der Waals surface area (Å²) in [5.74, 6) is -3.22. The summed E-state index contributed by atoms with van der Waals surface area (Å²) >= 11 is 6.10. The minimum Gasteiger partial charge on any atom is -0.481 e. The van der Waals surface area contributed by atoms with Gasteiger partial charge in [0, 0.05) is 23.2 Å². The van der Waals surface area contributed by atoms with Crippen LogP contribution in [0.3, 0.4) is 0 Å². The van der Waals surface area contributed by atoms with E-state index in [1.807, 2.05) is 0 Å². The van der Waals surface area contributed by atoms with Gasteiger partial charge in [0.1, 0.15) is 11.7 Å². The van der Waals surface area contributed by atoms with Gasteiger partial charge in [0.25, 0.3) is 5.91 Å². The van der Waals surface area contributed by atoms with Crippen LogP contribution < -0.4 is 0 Å². The van der Waals surface area contributed by atoms with Crippen molar-refractivity contribution in [3.05, 3.63) is 70.0 Å². The zero-order valence-electron chi connectivity index (χ0n) is 12.2. The third-order valence-electron chi connectivity index (χ3n) is 4.14. The predicted octanol–water partition coefficient (Wildman–Crippen LogP) is 3.47. The summed E-state index contributed by atoms with van der Waals surface area (Å²) in [4.78, 5) is 25.7. The lowest BCUT2D eigenvalue weighted by molar-refractivity contribution is -0.140. The van der Waals surface area contributed by atoms with Crippen LogP contribution in [0.25, 0.3) is 0 Å². The smallest absolute Gasteiger partial charge is 0.313 e. The zero-order chi connectivity index (χ0) is 16.7. The maximum Gasteiger partial charge on any atom is 0.313 e. The normalized spacial score (nSPS) is 20.3. The maximum atomic E-state index is 14.3. The Labute approximate surface area is 137 Å². The number of hydrogen-bond acceptors (Lipinski definition) is 2. The average molecular weight is 334 g/mol. The van der Waals surface area contributed by atoms with Crippen LogP contribution in [0.2, 0.25) is 5.02 Å². The van der Waals surface area contributed by atoms with Gasteiger partial charge in [-0.05, 0) is 23.8 Å². The van der Waals surface area contributed by atoms with Crippen LogP contribution >= 0.6 is 11.6 Å². The SMILES string of the molecule is CN1C(=O)c2ccccc2C(C(=O)O)C1c1c(F)cccc1Cl. The van der Waals surface area contributed by atoms with Crippen LogP contribution in [0.15, 0.2) is 42.5 Å². The number of likely N-dealkylation sites (N-methyl/N-ethyl adjacent to an activating group) is 1. The number of carboxylic acid groups (broad SMARTS) is 1. The number of carbonyl (C=O) groups is 2. The van der Waals surface area contributed by atoms with Gasteiger partial charge in [-0.15, -0.1) is 0 Å². The Morgan fingerprint density at radius 2 is 1.91 bits per heavy atom. The average Bonchev–Trinajstić information content (AvgIpc) is 2.51. The van der Waals surface area contributed by atoms with Crippen LogP contribution in [0.4, 0.5) is 4.39 Å². The number of benzene rings is 2. The number of rotatable bonds is 2. The molecule has 3 rings (SSSR count). The van der Waals surface area contributed by atoms with Crippen molar-refractivity contribution in [3.8, 4) is 0 Å². The topological polar surface area (TPSA) is 57.6 Å². The van der Waals surface area contributed by atoms with Crippen LogP contribution in [0.5, 0.6) is 0 Å². The lowest BCUT2D eigenvalue weighted by Crippen LogP contribution is -2.43. The maximum absolute atomic E-state index is 14.3. The second-order valence-corrected chi connectivity index (χ2v) is 5.81. The van der Waals surface area contributed by atoms with Crippen molar-refractivity contribution in [1.82, 2.24) is 4.90 Å². The largest absolute Gasteiger partial charge is 0.481 e. The third kappa shape index (κ3) is 2.37. The fraction of sp³-hybridized carbons (Fsp3) is 0.176. The second kappa shape index (κ2) is 5.66. The van der Waals surface area contributed by atoms with Gasteiger partial charge in [-0.2, -0.15) is 0 Å². The first kappa shape index (κ1) is 15.5. The summed E-state index contributed by atoms with van der Waals surface area (Å²) in [5, 5.41) is 9.80. The van der Waals surface area contributed by atoms with Crippen molar-refractivity contribution in [2.45, 2.75) is 12.0 Å². The van der Waals surface area contributed by atoms with Crippen molar-refractivity contribution in [2.24, 2.45) is 0 Å². The van der Waals surface area contributed by atoms with Crippen LogP contribution in [0, 0.1) is 5.82 Å². The van der Waals surface area contributed by atoms with E-state index in [-0.39, 0.29) is 16.5 Å². The summed E-state index contributed by atoms with van der Waals surface area (Å²) in [7, 11) is 1.46. The fourth-order valence-corrected chi connectivity index (χ4v) is 3.37. The number of aliphatic carboxylic acids is 1. The van der Waals surface area contributed by atoms with Gasteiger partial charge in [-0.25, -0.2) is 4.39 Å². The molecule has 0 spiro atoms. The predicted molar refractivity (Wildman–Crippen MR) is 83.1 cm³/mol. The molecule has 0 fully saturated rings. The van der Waals surface area contributed by atoms with E-state index in [9.17, 15) is 19.1 Å². The quantitative estimate of drug-likeness (QED) is 0.915. The zero-order valence-corrected chi connectivity index (χ0v) is 12.9. The molecule has 0 aromatic heterocycles. The highest BCUT2D eigenvalue weighted by atomic mass is 35.5. The standard InChI is InChI=1S/C17H13ClFNO3/c1-20-15(14-11(18)7-4-8-12(14)19)13(17(22)23)9-5-2-3-6-10(9)16(20)21/h2-8,13,15H,1H3,(H,22,23). The molecule has 1 aliphatic rings. The summed E-state index contributed by atoms with van der Waals surface area (Å²) < 4.78 is 14.3. The van der Waals surface area contributed by atoms with Crippen LogP contribution in [0.1, 0.15) is 33.4 Å². The molecule has 2 unspecified atom stereocenters. The molecule has 1 heterocycles. The van der Waals surface area contributed by atoms with Crippen LogP contribution in [-0.4, -0.2) is 28.9 Å². The first-order valence-corrected chi connectivity index (χ1v) is 7.34. The van der Waals surface area contributed by atoms with Gasteiger partial charge in [-0.1, -0.05) is 35.9 Å². The van der Waals surface area contributed by atoms with Crippen molar-refractivity contribution >= 4 is 23.5 Å². The second-order valence-electron chi connectivity index (χ2n) is 5.40. The van der Waals surface area contributed by atoms with Gasteiger partial charge in [0.2, 0.25) is 0 Å². The van der Waals surface area contributed by atoms with Crippen molar-refractivity contribution in [1.29, 1.82) is 0 Å². The Morgan fingerprint density at radius 3 is 2.57 bits per heavy atom. The van der Waals surface area contributed by atoms with Gasteiger partial charge in [-0.3, -0.25) is 9.59 Å². The van der Waals surface area contributed by atoms with Crippen molar-refractivity contribution in [2.75, 3.05) is 7.05 Å². The molecule has 1 amide bonds. The molecular weight excluding hydrogens is 321 g/mol. The molecule has 6 heteroatoms. The van der Waals surface area contributed by atoms with Gasteiger partial charge < -0.3 is 10.0 Å². The van der Waals surface area contributed by atoms with Gasteiger partial charge in [0.15, 0.2) is 0 Å². The lowest BCUT2D eigenvalue weighted by Gasteiger charge is -2.38. The highest BCUT2D eigenvalue weighted by Crippen LogP contribution is 2.44. The number of hydrogen-bond donors (Lipinski definition) is 1. The Kier molecular flexibility index (Phi) is 3.82. The summed E-state index contributed by atoms with van der Waals surface area (Å²) in [6, 6.07) is 9.60. The molecule has 2 aromatic carbocycles. The van der Waals surface area contributed by atoms with Crippen molar-refractivity contribution < 1.29 is 19.1 Å². The lowest BCUT2D eigenvalue weighted by atomic mass is 9.80. The van der Waals surface area contributed by atoms with Crippen molar-refractivity contribution in [3.63, 3.8) is 0 Å². The highest BCUT2D eigenvalue weighted by Gasteiger charge is 2.44. The van der Waals surface area contributed by atoms with E-state index in [1.54, 1.807) is 24.3 Å². The number of amides is 1. The molecule has 0 radical (unpaired) electrons. The van der Waals surface area contributed by atoms with E-state index < -0.39 is 23.7 Å². The molecule has 0 saturated heterocycles. The molecule has 0 bridgehead atoms. The summed E-state index contributed by atoms with van der Waals surface area (Å²) in [6.07, 6.45) is 0. The Bertz CT molecular complexity index is 788. The number of nitrogens with zero attached hydrogens (tertiary/aromatic N) is 1. The first-order chi connectivity index (χ1) is 10.9. The van der Waals surface area contributed by atoms with E-state index in [1.165, 1.54) is 30.1 Å². The summed E-state index contributed by atoms with van der Waals surface area (Å²) in [6.45, 7) is 0. The molecular formula is C17H13ClFNO3. The molecule has 2 aromatic rings. The van der Waals surface area contributed by atoms with E-state index in [0.29, 0.717) is 11.1 Å². The molecule has 118 valence electrons. The molecule has 1 N–H and O–H groups in total. The van der Waals surface area contributed by atoms with E-state index >= 15 is 0 Å². The number of carbonyl (C=O) groups excluding carboxylic acids is 1. The summed E-state index contributed by atoms with van der Waals surface area (Å²) in [5.41, 5.74) is 0.699. The van der Waals surface area contributed by atoms with E-state index in [4.69, 9.17) is 11.6 Å². The Balaban J connectivity index is 2.28. The molecule has 2 atom stereocenters. The number of halogens is 2. The van der Waals surface area contributed by atoms with E-state index in [2.05, 4.69) is 0 Å². The van der Waals surface area contributed by atoms with E-state index in [0.717, 1.165) is 0 Å². The van der Waals surface area contributed by atoms with Gasteiger partial charge in [0.05, 0.1) is 6.04 Å². The monoisotopic (exact) mass is 333 g/mol. The van der Waals surface area contributed by atoms with Crippen LogP contribution in [-0.2, 0) is 4.79 Å². The number of fused-ring (bicyclic) bond motifs is 1. The minimum absolute atomic E-state index is 0.0203. The minimum atomic E-state index is -1.14. The molecule has 4 nitrogen and oxygen atoms in total. The Morgan fingerprint density at radius 1 is 1.22 bits per heavy atom. The third-order valence-corrected chi connectivity index (χ3v) is 4.47. The molecule has 23 heavy (non-hydrogen) atoms. The molecule has 1 aliphatic heterocycles. The first-order valence-electron chi connectivity index (χ1n) is 6.96. The Hall–Kier alpha value is -2.40. The van der Waals surface area contributed by atoms with Gasteiger partial charge >= 0.3 is 5.97 Å². The molecule has 0 saturated carbocycles. The number of carboxylic acids is 1. The molecule has 0 aliphatic carbocycles.